The Bertz CT molecular complexity index is 558. The van der Waals surface area contributed by atoms with Crippen molar-refractivity contribution in [1.82, 2.24) is 14.8 Å². The highest BCUT2D eigenvalue weighted by Crippen LogP contribution is 2.36. The molecule has 3 heterocycles. The zero-order valence-electron chi connectivity index (χ0n) is 11.0. The zero-order chi connectivity index (χ0) is 13.2. The molecule has 2 aromatic heterocycles. The molecule has 1 unspecified atom stereocenters. The van der Waals surface area contributed by atoms with Crippen LogP contribution in [-0.2, 0) is 11.8 Å². The van der Waals surface area contributed by atoms with Gasteiger partial charge < -0.3 is 10.5 Å². The first-order valence-corrected chi connectivity index (χ1v) is 6.58. The second kappa shape index (κ2) is 5.01. The van der Waals surface area contributed by atoms with E-state index < -0.39 is 0 Å². The SMILES string of the molecule is Cn1nc(C2CCCOC2)c(-c2cccnc2)c1N. The Morgan fingerprint density at radius 2 is 2.37 bits per heavy atom. The van der Waals surface area contributed by atoms with Crippen LogP contribution in [0.5, 0.6) is 0 Å². The van der Waals surface area contributed by atoms with Crippen LogP contribution >= 0.6 is 0 Å². The fourth-order valence-corrected chi connectivity index (χ4v) is 2.61. The van der Waals surface area contributed by atoms with Gasteiger partial charge in [-0.05, 0) is 18.9 Å². The highest BCUT2D eigenvalue weighted by Gasteiger charge is 2.25. The first-order valence-electron chi connectivity index (χ1n) is 6.58. The molecule has 5 heteroatoms. The fraction of sp³-hybridized carbons (Fsp3) is 0.429. The van der Waals surface area contributed by atoms with E-state index >= 15 is 0 Å². The molecule has 3 rings (SSSR count). The van der Waals surface area contributed by atoms with Crippen LogP contribution in [0.15, 0.2) is 24.5 Å². The summed E-state index contributed by atoms with van der Waals surface area (Å²) in [5.41, 5.74) is 9.24. The Kier molecular flexibility index (Phi) is 3.21. The maximum atomic E-state index is 6.17. The molecule has 0 aliphatic carbocycles. The monoisotopic (exact) mass is 258 g/mol. The average Bonchev–Trinajstić information content (AvgIpc) is 2.77. The summed E-state index contributed by atoms with van der Waals surface area (Å²) in [5.74, 6) is 1.01. The van der Waals surface area contributed by atoms with Crippen LogP contribution in [0.25, 0.3) is 11.1 Å². The summed E-state index contributed by atoms with van der Waals surface area (Å²) < 4.78 is 7.31. The summed E-state index contributed by atoms with van der Waals surface area (Å²) in [7, 11) is 1.88. The standard InChI is InChI=1S/C14H18N4O/c1-18-14(15)12(10-4-2-6-16-8-10)13(17-18)11-5-3-7-19-9-11/h2,4,6,8,11H,3,5,7,9,15H2,1H3. The smallest absolute Gasteiger partial charge is 0.129 e. The Balaban J connectivity index is 2.07. The van der Waals surface area contributed by atoms with E-state index in [1.165, 1.54) is 0 Å². The van der Waals surface area contributed by atoms with Crippen LogP contribution in [0.2, 0.25) is 0 Å². The number of hydrogen-bond acceptors (Lipinski definition) is 4. The summed E-state index contributed by atoms with van der Waals surface area (Å²) >= 11 is 0. The molecule has 1 aliphatic rings. The van der Waals surface area contributed by atoms with E-state index in [0.29, 0.717) is 11.7 Å². The molecule has 0 amide bonds. The van der Waals surface area contributed by atoms with Gasteiger partial charge in [-0.2, -0.15) is 5.10 Å². The topological polar surface area (TPSA) is 66.0 Å². The maximum Gasteiger partial charge on any atom is 0.129 e. The Morgan fingerprint density at radius 3 is 3.05 bits per heavy atom. The van der Waals surface area contributed by atoms with Crippen molar-refractivity contribution in [2.45, 2.75) is 18.8 Å². The van der Waals surface area contributed by atoms with Crippen molar-refractivity contribution >= 4 is 5.82 Å². The van der Waals surface area contributed by atoms with Crippen LogP contribution in [0.1, 0.15) is 24.5 Å². The molecule has 0 bridgehead atoms. The molecule has 1 aliphatic heterocycles. The molecule has 2 N–H and O–H groups in total. The first kappa shape index (κ1) is 12.2. The van der Waals surface area contributed by atoms with Crippen molar-refractivity contribution in [1.29, 1.82) is 0 Å². The lowest BCUT2D eigenvalue weighted by atomic mass is 9.93. The third kappa shape index (κ3) is 2.21. The second-order valence-corrected chi connectivity index (χ2v) is 4.92. The van der Waals surface area contributed by atoms with Gasteiger partial charge in [0.05, 0.1) is 12.3 Å². The number of aromatic nitrogens is 3. The van der Waals surface area contributed by atoms with Crippen LogP contribution in [-0.4, -0.2) is 28.0 Å². The van der Waals surface area contributed by atoms with E-state index in [2.05, 4.69) is 10.1 Å². The Morgan fingerprint density at radius 1 is 1.47 bits per heavy atom. The molecule has 1 atom stereocenters. The summed E-state index contributed by atoms with van der Waals surface area (Å²) in [6.07, 6.45) is 5.78. The quantitative estimate of drug-likeness (QED) is 0.894. The molecule has 1 saturated heterocycles. The third-order valence-electron chi connectivity index (χ3n) is 3.62. The van der Waals surface area contributed by atoms with Crippen molar-refractivity contribution in [3.05, 3.63) is 30.2 Å². The molecule has 0 saturated carbocycles. The summed E-state index contributed by atoms with van der Waals surface area (Å²) in [6, 6.07) is 3.94. The number of nitrogens with zero attached hydrogens (tertiary/aromatic N) is 3. The van der Waals surface area contributed by atoms with E-state index in [-0.39, 0.29) is 0 Å². The normalized spacial score (nSPS) is 19.5. The van der Waals surface area contributed by atoms with Gasteiger partial charge >= 0.3 is 0 Å². The van der Waals surface area contributed by atoms with Crippen LogP contribution < -0.4 is 5.73 Å². The molecule has 5 nitrogen and oxygen atoms in total. The third-order valence-corrected chi connectivity index (χ3v) is 3.62. The average molecular weight is 258 g/mol. The van der Waals surface area contributed by atoms with Gasteiger partial charge in [-0.25, -0.2) is 0 Å². The number of ether oxygens (including phenoxy) is 1. The number of nitrogens with two attached hydrogens (primary N) is 1. The minimum absolute atomic E-state index is 0.326. The van der Waals surface area contributed by atoms with Crippen LogP contribution in [0, 0.1) is 0 Å². The number of pyridine rings is 1. The number of hydrogen-bond donors (Lipinski definition) is 1. The molecule has 0 spiro atoms. The lowest BCUT2D eigenvalue weighted by molar-refractivity contribution is 0.0793. The minimum atomic E-state index is 0.326. The highest BCUT2D eigenvalue weighted by atomic mass is 16.5. The van der Waals surface area contributed by atoms with Crippen molar-refractivity contribution in [2.75, 3.05) is 18.9 Å². The molecule has 19 heavy (non-hydrogen) atoms. The second-order valence-electron chi connectivity index (χ2n) is 4.92. The predicted octanol–water partition coefficient (Wildman–Crippen LogP) is 1.96. The number of rotatable bonds is 2. The van der Waals surface area contributed by atoms with Gasteiger partial charge in [-0.15, -0.1) is 0 Å². The molecule has 0 radical (unpaired) electrons. The summed E-state index contributed by atoms with van der Waals surface area (Å²) in [4.78, 5) is 4.17. The lowest BCUT2D eigenvalue weighted by Crippen LogP contribution is -2.16. The largest absolute Gasteiger partial charge is 0.383 e. The molecule has 1 fully saturated rings. The van der Waals surface area contributed by atoms with E-state index in [0.717, 1.165) is 42.9 Å². The Hall–Kier alpha value is -1.88. The van der Waals surface area contributed by atoms with Crippen LogP contribution in [0.3, 0.4) is 0 Å². The van der Waals surface area contributed by atoms with E-state index in [1.807, 2.05) is 25.4 Å². The predicted molar refractivity (Wildman–Crippen MR) is 73.6 cm³/mol. The van der Waals surface area contributed by atoms with Gasteiger partial charge in [0.1, 0.15) is 5.82 Å². The number of nitrogen functional groups attached to an aromatic ring is 1. The molecule has 100 valence electrons. The molecule has 0 aromatic carbocycles. The summed E-state index contributed by atoms with van der Waals surface area (Å²) in [5, 5.41) is 4.59. The van der Waals surface area contributed by atoms with Gasteiger partial charge in [0.15, 0.2) is 0 Å². The highest BCUT2D eigenvalue weighted by molar-refractivity contribution is 5.76. The van der Waals surface area contributed by atoms with Gasteiger partial charge in [-0.1, -0.05) is 6.07 Å². The first-order chi connectivity index (χ1) is 9.27. The molecular formula is C14H18N4O. The summed E-state index contributed by atoms with van der Waals surface area (Å²) in [6.45, 7) is 1.57. The zero-order valence-corrected chi connectivity index (χ0v) is 11.0. The van der Waals surface area contributed by atoms with Gasteiger partial charge in [0, 0.05) is 43.1 Å². The Labute approximate surface area is 112 Å². The van der Waals surface area contributed by atoms with Crippen molar-refractivity contribution < 1.29 is 4.74 Å². The molecule has 2 aromatic rings. The number of anilines is 1. The van der Waals surface area contributed by atoms with Crippen LogP contribution in [0.4, 0.5) is 5.82 Å². The lowest BCUT2D eigenvalue weighted by Gasteiger charge is -2.21. The van der Waals surface area contributed by atoms with Crippen molar-refractivity contribution in [3.63, 3.8) is 0 Å². The minimum Gasteiger partial charge on any atom is -0.383 e. The molecular weight excluding hydrogens is 240 g/mol. The van der Waals surface area contributed by atoms with E-state index in [1.54, 1.807) is 10.9 Å². The van der Waals surface area contributed by atoms with Gasteiger partial charge in [0.25, 0.3) is 0 Å². The van der Waals surface area contributed by atoms with E-state index in [4.69, 9.17) is 10.5 Å². The van der Waals surface area contributed by atoms with Gasteiger partial charge in [-0.3, -0.25) is 9.67 Å². The fourth-order valence-electron chi connectivity index (χ4n) is 2.61. The van der Waals surface area contributed by atoms with Crippen molar-refractivity contribution in [3.8, 4) is 11.1 Å². The maximum absolute atomic E-state index is 6.17. The van der Waals surface area contributed by atoms with E-state index in [9.17, 15) is 0 Å². The van der Waals surface area contributed by atoms with Crippen molar-refractivity contribution in [2.24, 2.45) is 7.05 Å². The number of aryl methyl sites for hydroxylation is 1. The van der Waals surface area contributed by atoms with Gasteiger partial charge in [0.2, 0.25) is 0 Å².